The molecule has 0 spiro atoms. The molecule has 0 radical (unpaired) electrons. The van der Waals surface area contributed by atoms with Gasteiger partial charge in [0.2, 0.25) is 0 Å². The molecule has 2 aromatic rings. The Labute approximate surface area is 166 Å². The Hall–Kier alpha value is -2.37. The number of methoxy groups -OCH3 is 2. The Morgan fingerprint density at radius 3 is 2.39 bits per heavy atom. The first-order valence-electron chi connectivity index (χ1n) is 9.62. The molecule has 0 aromatic heterocycles. The van der Waals surface area contributed by atoms with Crippen molar-refractivity contribution in [1.29, 1.82) is 0 Å². The Bertz CT molecular complexity index is 784. The number of ether oxygens (including phenoxy) is 4. The van der Waals surface area contributed by atoms with E-state index in [1.54, 1.807) is 14.2 Å². The minimum atomic E-state index is -0.0646. The van der Waals surface area contributed by atoms with Gasteiger partial charge >= 0.3 is 0 Å². The molecule has 0 bridgehead atoms. The summed E-state index contributed by atoms with van der Waals surface area (Å²) in [5.74, 6) is 1.66. The van der Waals surface area contributed by atoms with Crippen LogP contribution < -0.4 is 9.47 Å². The zero-order valence-electron chi connectivity index (χ0n) is 16.8. The van der Waals surface area contributed by atoms with Gasteiger partial charge in [0.05, 0.1) is 0 Å². The topological polar surface area (TPSA) is 54.0 Å². The van der Waals surface area contributed by atoms with Crippen molar-refractivity contribution in [3.63, 3.8) is 0 Å². The Balaban J connectivity index is 1.89. The van der Waals surface area contributed by atoms with Crippen molar-refractivity contribution >= 4 is 5.78 Å². The van der Waals surface area contributed by atoms with E-state index in [4.69, 9.17) is 18.9 Å². The van der Waals surface area contributed by atoms with Crippen molar-refractivity contribution in [2.24, 2.45) is 5.92 Å². The SMILES string of the molecule is COCOc1ccc(OCOC)c([C@@H]2CCC[C@@H]2C(=O)c2ccc(C)cc2)c1. The molecule has 2 atom stereocenters. The highest BCUT2D eigenvalue weighted by Gasteiger charge is 2.36. The van der Waals surface area contributed by atoms with E-state index in [9.17, 15) is 4.79 Å². The van der Waals surface area contributed by atoms with Gasteiger partial charge in [0, 0.05) is 31.3 Å². The van der Waals surface area contributed by atoms with E-state index in [0.717, 1.165) is 41.7 Å². The molecule has 5 nitrogen and oxygen atoms in total. The van der Waals surface area contributed by atoms with Gasteiger partial charge in [0.25, 0.3) is 0 Å². The maximum absolute atomic E-state index is 13.2. The first-order valence-corrected chi connectivity index (χ1v) is 9.62. The molecule has 0 unspecified atom stereocenters. The van der Waals surface area contributed by atoms with Gasteiger partial charge in [-0.2, -0.15) is 0 Å². The van der Waals surface area contributed by atoms with Crippen molar-refractivity contribution in [3.05, 3.63) is 59.2 Å². The molecule has 1 fully saturated rings. The number of carbonyl (C=O) groups is 1. The minimum Gasteiger partial charge on any atom is -0.468 e. The summed E-state index contributed by atoms with van der Waals surface area (Å²) in [5.41, 5.74) is 2.92. The third kappa shape index (κ3) is 4.72. The van der Waals surface area contributed by atoms with Gasteiger partial charge in [-0.1, -0.05) is 36.2 Å². The van der Waals surface area contributed by atoms with Crippen molar-refractivity contribution in [2.45, 2.75) is 32.1 Å². The summed E-state index contributed by atoms with van der Waals surface area (Å²) >= 11 is 0. The van der Waals surface area contributed by atoms with Crippen LogP contribution in [0.2, 0.25) is 0 Å². The van der Waals surface area contributed by atoms with Crippen LogP contribution in [0.1, 0.15) is 46.7 Å². The number of hydrogen-bond donors (Lipinski definition) is 0. The second kappa shape index (κ2) is 9.71. The first-order chi connectivity index (χ1) is 13.6. The lowest BCUT2D eigenvalue weighted by Crippen LogP contribution is -2.19. The van der Waals surface area contributed by atoms with E-state index in [2.05, 4.69) is 0 Å². The predicted molar refractivity (Wildman–Crippen MR) is 107 cm³/mol. The Morgan fingerprint density at radius 2 is 1.68 bits per heavy atom. The van der Waals surface area contributed by atoms with Gasteiger partial charge in [-0.3, -0.25) is 4.79 Å². The van der Waals surface area contributed by atoms with Crippen LogP contribution in [0.25, 0.3) is 0 Å². The average molecular weight is 384 g/mol. The summed E-state index contributed by atoms with van der Waals surface area (Å²) in [6.45, 7) is 2.36. The molecular formula is C23H28O5. The number of Topliss-reactive ketones (excluding diaryl/α,β-unsaturated/α-hetero) is 1. The van der Waals surface area contributed by atoms with Crippen LogP contribution in [0.3, 0.4) is 0 Å². The van der Waals surface area contributed by atoms with E-state index in [1.807, 2.05) is 49.4 Å². The summed E-state index contributed by atoms with van der Waals surface area (Å²) in [4.78, 5) is 13.2. The highest BCUT2D eigenvalue weighted by Crippen LogP contribution is 2.45. The zero-order valence-corrected chi connectivity index (χ0v) is 16.8. The molecule has 0 N–H and O–H groups in total. The number of rotatable bonds is 9. The lowest BCUT2D eigenvalue weighted by Gasteiger charge is -2.22. The van der Waals surface area contributed by atoms with E-state index in [0.29, 0.717) is 5.75 Å². The molecule has 150 valence electrons. The standard InChI is InChI=1S/C23H28O5/c1-16-7-9-17(10-8-16)23(24)20-6-4-5-19(20)21-13-18(27-14-25-2)11-12-22(21)28-15-26-3/h7-13,19-20H,4-6,14-15H2,1-3H3/t19-,20+/m1/s1. The molecule has 1 saturated carbocycles. The number of aryl methyl sites for hydroxylation is 1. The maximum atomic E-state index is 13.2. The molecular weight excluding hydrogens is 356 g/mol. The van der Waals surface area contributed by atoms with Crippen LogP contribution >= 0.6 is 0 Å². The van der Waals surface area contributed by atoms with E-state index in [1.165, 1.54) is 0 Å². The third-order valence-electron chi connectivity index (χ3n) is 5.25. The first kappa shape index (κ1) is 20.4. The Kier molecular flexibility index (Phi) is 7.06. The summed E-state index contributed by atoms with van der Waals surface area (Å²) in [6, 6.07) is 13.5. The van der Waals surface area contributed by atoms with E-state index >= 15 is 0 Å². The van der Waals surface area contributed by atoms with Crippen LogP contribution in [-0.2, 0) is 9.47 Å². The summed E-state index contributed by atoms with van der Waals surface area (Å²) in [6.07, 6.45) is 2.84. The van der Waals surface area contributed by atoms with Crippen LogP contribution in [0.15, 0.2) is 42.5 Å². The van der Waals surface area contributed by atoms with Crippen molar-refractivity contribution in [3.8, 4) is 11.5 Å². The maximum Gasteiger partial charge on any atom is 0.188 e. The lowest BCUT2D eigenvalue weighted by atomic mass is 9.83. The van der Waals surface area contributed by atoms with Crippen molar-refractivity contribution < 1.29 is 23.7 Å². The average Bonchev–Trinajstić information content (AvgIpc) is 3.20. The molecule has 1 aliphatic carbocycles. The highest BCUT2D eigenvalue weighted by atomic mass is 16.7. The molecule has 0 saturated heterocycles. The number of ketones is 1. The molecule has 1 aliphatic rings. The summed E-state index contributed by atoms with van der Waals surface area (Å²) in [7, 11) is 3.18. The van der Waals surface area contributed by atoms with Gasteiger partial charge in [-0.05, 0) is 43.9 Å². The van der Waals surface area contributed by atoms with Crippen LogP contribution in [0, 0.1) is 12.8 Å². The van der Waals surface area contributed by atoms with Gasteiger partial charge in [0.1, 0.15) is 11.5 Å². The smallest absolute Gasteiger partial charge is 0.188 e. The van der Waals surface area contributed by atoms with Gasteiger partial charge in [-0.15, -0.1) is 0 Å². The summed E-state index contributed by atoms with van der Waals surface area (Å²) in [5, 5.41) is 0. The fourth-order valence-corrected chi connectivity index (χ4v) is 3.86. The quantitative estimate of drug-likeness (QED) is 0.462. The fraction of sp³-hybridized carbons (Fsp3) is 0.435. The number of benzene rings is 2. The van der Waals surface area contributed by atoms with Crippen LogP contribution in [-0.4, -0.2) is 33.6 Å². The van der Waals surface area contributed by atoms with E-state index < -0.39 is 0 Å². The third-order valence-corrected chi connectivity index (χ3v) is 5.25. The molecule has 5 heteroatoms. The molecule has 28 heavy (non-hydrogen) atoms. The molecule has 0 amide bonds. The molecule has 3 rings (SSSR count). The van der Waals surface area contributed by atoms with Crippen molar-refractivity contribution in [2.75, 3.05) is 27.8 Å². The van der Waals surface area contributed by atoms with Crippen LogP contribution in [0.4, 0.5) is 0 Å². The fourth-order valence-electron chi connectivity index (χ4n) is 3.86. The largest absolute Gasteiger partial charge is 0.468 e. The molecule has 0 heterocycles. The number of hydrogen-bond acceptors (Lipinski definition) is 5. The molecule has 0 aliphatic heterocycles. The predicted octanol–water partition coefficient (Wildman–Crippen LogP) is 4.73. The minimum absolute atomic E-state index is 0.0646. The van der Waals surface area contributed by atoms with Gasteiger partial charge in [0.15, 0.2) is 19.4 Å². The second-order valence-corrected chi connectivity index (χ2v) is 7.18. The van der Waals surface area contributed by atoms with Crippen molar-refractivity contribution in [1.82, 2.24) is 0 Å². The normalized spacial score (nSPS) is 18.8. The monoisotopic (exact) mass is 384 g/mol. The molecule has 2 aromatic carbocycles. The zero-order chi connectivity index (χ0) is 19.9. The Morgan fingerprint density at radius 1 is 0.964 bits per heavy atom. The second-order valence-electron chi connectivity index (χ2n) is 7.18. The van der Waals surface area contributed by atoms with Gasteiger partial charge < -0.3 is 18.9 Å². The highest BCUT2D eigenvalue weighted by molar-refractivity contribution is 5.98. The number of carbonyl (C=O) groups excluding carboxylic acids is 1. The van der Waals surface area contributed by atoms with Gasteiger partial charge in [-0.25, -0.2) is 0 Å². The van der Waals surface area contributed by atoms with E-state index in [-0.39, 0.29) is 31.2 Å². The summed E-state index contributed by atoms with van der Waals surface area (Å²) < 4.78 is 21.5. The van der Waals surface area contributed by atoms with Crippen LogP contribution in [0.5, 0.6) is 11.5 Å². The lowest BCUT2D eigenvalue weighted by molar-refractivity contribution is 0.0473.